The standard InChI is InChI=1S/C22H26ClN3O2/c1-25-13-15-26(16-14-25)12-4-7-21(27)19-5-2-3-6-20(19)24-22(28)17-8-10-18(23)11-9-17/h2-3,5-6,8-11H,4,7,12-16H2,1H3,(H,24,28). The fourth-order valence-corrected chi connectivity index (χ4v) is 3.43. The highest BCUT2D eigenvalue weighted by Gasteiger charge is 2.16. The van der Waals surface area contributed by atoms with Crippen LogP contribution in [0.15, 0.2) is 48.5 Å². The monoisotopic (exact) mass is 399 g/mol. The molecule has 0 saturated carbocycles. The minimum Gasteiger partial charge on any atom is -0.321 e. The highest BCUT2D eigenvalue weighted by molar-refractivity contribution is 6.30. The third-order valence-corrected chi connectivity index (χ3v) is 5.31. The smallest absolute Gasteiger partial charge is 0.255 e. The van der Waals surface area contributed by atoms with E-state index in [-0.39, 0.29) is 11.7 Å². The van der Waals surface area contributed by atoms with Gasteiger partial charge in [0.15, 0.2) is 5.78 Å². The van der Waals surface area contributed by atoms with E-state index in [0.717, 1.165) is 39.1 Å². The highest BCUT2D eigenvalue weighted by atomic mass is 35.5. The van der Waals surface area contributed by atoms with Crippen molar-refractivity contribution >= 4 is 29.0 Å². The van der Waals surface area contributed by atoms with E-state index < -0.39 is 0 Å². The molecule has 1 aliphatic heterocycles. The highest BCUT2D eigenvalue weighted by Crippen LogP contribution is 2.19. The van der Waals surface area contributed by atoms with Crippen LogP contribution in [0.2, 0.25) is 5.02 Å². The zero-order valence-electron chi connectivity index (χ0n) is 16.2. The van der Waals surface area contributed by atoms with Crippen molar-refractivity contribution in [2.75, 3.05) is 45.1 Å². The van der Waals surface area contributed by atoms with Crippen molar-refractivity contribution in [1.82, 2.24) is 9.80 Å². The van der Waals surface area contributed by atoms with E-state index in [1.165, 1.54) is 0 Å². The lowest BCUT2D eigenvalue weighted by Crippen LogP contribution is -2.44. The van der Waals surface area contributed by atoms with Crippen molar-refractivity contribution in [3.8, 4) is 0 Å². The quantitative estimate of drug-likeness (QED) is 0.719. The zero-order chi connectivity index (χ0) is 19.9. The molecule has 0 atom stereocenters. The molecule has 0 unspecified atom stereocenters. The SMILES string of the molecule is CN1CCN(CCCC(=O)c2ccccc2NC(=O)c2ccc(Cl)cc2)CC1. The average Bonchev–Trinajstić information content (AvgIpc) is 2.70. The number of likely N-dealkylation sites (N-methyl/N-ethyl adjacent to an activating group) is 1. The zero-order valence-corrected chi connectivity index (χ0v) is 16.9. The average molecular weight is 400 g/mol. The van der Waals surface area contributed by atoms with E-state index >= 15 is 0 Å². The van der Waals surface area contributed by atoms with Crippen LogP contribution in [0.1, 0.15) is 33.6 Å². The van der Waals surface area contributed by atoms with E-state index in [4.69, 9.17) is 11.6 Å². The number of para-hydroxylation sites is 1. The molecule has 0 bridgehead atoms. The summed E-state index contributed by atoms with van der Waals surface area (Å²) in [6.07, 6.45) is 1.29. The summed E-state index contributed by atoms with van der Waals surface area (Å²) in [5.41, 5.74) is 1.61. The first-order chi connectivity index (χ1) is 13.5. The number of nitrogens with zero attached hydrogens (tertiary/aromatic N) is 2. The van der Waals surface area contributed by atoms with Crippen molar-refractivity contribution < 1.29 is 9.59 Å². The summed E-state index contributed by atoms with van der Waals surface area (Å²) in [6, 6.07) is 13.9. The second-order valence-corrected chi connectivity index (χ2v) is 7.61. The number of hydrogen-bond acceptors (Lipinski definition) is 4. The number of benzene rings is 2. The number of Topliss-reactive ketones (excluding diaryl/α,β-unsaturated/α-hetero) is 1. The van der Waals surface area contributed by atoms with Crippen LogP contribution in [-0.2, 0) is 0 Å². The topological polar surface area (TPSA) is 52.6 Å². The summed E-state index contributed by atoms with van der Waals surface area (Å²) in [6.45, 7) is 5.19. The lowest BCUT2D eigenvalue weighted by molar-refractivity contribution is 0.0968. The number of anilines is 1. The maximum atomic E-state index is 12.7. The molecular formula is C22H26ClN3O2. The molecule has 148 valence electrons. The van der Waals surface area contributed by atoms with Crippen molar-refractivity contribution in [2.45, 2.75) is 12.8 Å². The first-order valence-corrected chi connectivity index (χ1v) is 10.0. The van der Waals surface area contributed by atoms with Crippen molar-refractivity contribution in [1.29, 1.82) is 0 Å². The largest absolute Gasteiger partial charge is 0.321 e. The molecule has 28 heavy (non-hydrogen) atoms. The molecule has 1 amide bonds. The van der Waals surface area contributed by atoms with E-state index in [0.29, 0.717) is 28.3 Å². The lowest BCUT2D eigenvalue weighted by Gasteiger charge is -2.32. The van der Waals surface area contributed by atoms with Gasteiger partial charge in [-0.05, 0) is 56.4 Å². The molecule has 0 aromatic heterocycles. The third-order valence-electron chi connectivity index (χ3n) is 5.06. The van der Waals surface area contributed by atoms with Gasteiger partial charge in [-0.15, -0.1) is 0 Å². The Morgan fingerprint density at radius 1 is 1.00 bits per heavy atom. The lowest BCUT2D eigenvalue weighted by atomic mass is 10.0. The first-order valence-electron chi connectivity index (χ1n) is 9.63. The van der Waals surface area contributed by atoms with Crippen LogP contribution in [0.3, 0.4) is 0 Å². The maximum Gasteiger partial charge on any atom is 0.255 e. The molecule has 0 radical (unpaired) electrons. The minimum atomic E-state index is -0.255. The Balaban J connectivity index is 1.57. The third kappa shape index (κ3) is 5.64. The number of halogens is 1. The molecule has 3 rings (SSSR count). The van der Waals surface area contributed by atoms with Gasteiger partial charge in [-0.2, -0.15) is 0 Å². The molecule has 5 nitrogen and oxygen atoms in total. The van der Waals surface area contributed by atoms with Gasteiger partial charge in [0.2, 0.25) is 0 Å². The van der Waals surface area contributed by atoms with Crippen molar-refractivity contribution in [3.63, 3.8) is 0 Å². The molecule has 1 saturated heterocycles. The summed E-state index contributed by atoms with van der Waals surface area (Å²) < 4.78 is 0. The van der Waals surface area contributed by atoms with Gasteiger partial charge in [-0.1, -0.05) is 23.7 Å². The van der Waals surface area contributed by atoms with Gasteiger partial charge < -0.3 is 15.1 Å². The predicted octanol–water partition coefficient (Wildman–Crippen LogP) is 3.80. The van der Waals surface area contributed by atoms with Crippen LogP contribution in [0.5, 0.6) is 0 Å². The van der Waals surface area contributed by atoms with Gasteiger partial charge >= 0.3 is 0 Å². The molecule has 0 spiro atoms. The van der Waals surface area contributed by atoms with Crippen LogP contribution in [0, 0.1) is 0 Å². The Hall–Kier alpha value is -2.21. The van der Waals surface area contributed by atoms with Crippen LogP contribution >= 0.6 is 11.6 Å². The Bertz CT molecular complexity index is 815. The summed E-state index contributed by atoms with van der Waals surface area (Å²) in [5, 5.41) is 3.43. The Kier molecular flexibility index (Phi) is 7.20. The van der Waals surface area contributed by atoms with Gasteiger partial charge in [0, 0.05) is 48.7 Å². The van der Waals surface area contributed by atoms with Gasteiger partial charge in [-0.25, -0.2) is 0 Å². The van der Waals surface area contributed by atoms with E-state index in [1.807, 2.05) is 12.1 Å². The number of amides is 1. The van der Waals surface area contributed by atoms with Crippen LogP contribution < -0.4 is 5.32 Å². The molecule has 2 aromatic carbocycles. The number of carbonyl (C=O) groups excluding carboxylic acids is 2. The first kappa shape index (κ1) is 20.5. The Morgan fingerprint density at radius 3 is 2.39 bits per heavy atom. The molecule has 0 aliphatic carbocycles. The van der Waals surface area contributed by atoms with Gasteiger partial charge in [0.1, 0.15) is 0 Å². The number of ketones is 1. The summed E-state index contributed by atoms with van der Waals surface area (Å²) >= 11 is 5.87. The molecule has 1 heterocycles. The fraction of sp³-hybridized carbons (Fsp3) is 0.364. The Labute approximate surface area is 171 Å². The van der Waals surface area contributed by atoms with E-state index in [9.17, 15) is 9.59 Å². The van der Waals surface area contributed by atoms with Crippen molar-refractivity contribution in [2.24, 2.45) is 0 Å². The van der Waals surface area contributed by atoms with Crippen LogP contribution in [-0.4, -0.2) is 61.3 Å². The number of nitrogens with one attached hydrogen (secondary N) is 1. The Morgan fingerprint density at radius 2 is 1.68 bits per heavy atom. The molecule has 6 heteroatoms. The molecule has 1 fully saturated rings. The number of piperazine rings is 1. The number of carbonyl (C=O) groups is 2. The predicted molar refractivity (Wildman–Crippen MR) is 113 cm³/mol. The molecular weight excluding hydrogens is 374 g/mol. The fourth-order valence-electron chi connectivity index (χ4n) is 3.30. The van der Waals surface area contributed by atoms with E-state index in [1.54, 1.807) is 36.4 Å². The number of hydrogen-bond donors (Lipinski definition) is 1. The number of rotatable bonds is 7. The second kappa shape index (κ2) is 9.82. The van der Waals surface area contributed by atoms with Gasteiger partial charge in [0.25, 0.3) is 5.91 Å². The summed E-state index contributed by atoms with van der Waals surface area (Å²) in [5.74, 6) is -0.199. The van der Waals surface area contributed by atoms with Crippen LogP contribution in [0.4, 0.5) is 5.69 Å². The van der Waals surface area contributed by atoms with E-state index in [2.05, 4.69) is 22.2 Å². The summed E-state index contributed by atoms with van der Waals surface area (Å²) in [7, 11) is 2.14. The maximum absolute atomic E-state index is 12.7. The van der Waals surface area contributed by atoms with Crippen LogP contribution in [0.25, 0.3) is 0 Å². The molecule has 1 aliphatic rings. The van der Waals surface area contributed by atoms with Gasteiger partial charge in [-0.3, -0.25) is 9.59 Å². The van der Waals surface area contributed by atoms with Crippen molar-refractivity contribution in [3.05, 3.63) is 64.7 Å². The normalized spacial score (nSPS) is 15.4. The molecule has 2 aromatic rings. The molecule has 1 N–H and O–H groups in total. The second-order valence-electron chi connectivity index (χ2n) is 7.18. The van der Waals surface area contributed by atoms with Gasteiger partial charge in [0.05, 0.1) is 5.69 Å². The minimum absolute atomic E-state index is 0.0566. The summed E-state index contributed by atoms with van der Waals surface area (Å²) in [4.78, 5) is 29.9.